The summed E-state index contributed by atoms with van der Waals surface area (Å²) in [4.78, 5) is 9.19. The minimum absolute atomic E-state index is 0.432. The predicted octanol–water partition coefficient (Wildman–Crippen LogP) is 3.91. The van der Waals surface area contributed by atoms with Gasteiger partial charge in [-0.05, 0) is 42.7 Å². The molecule has 2 heterocycles. The normalized spacial score (nSPS) is 17.3. The van der Waals surface area contributed by atoms with Gasteiger partial charge in [-0.15, -0.1) is 11.6 Å². The summed E-state index contributed by atoms with van der Waals surface area (Å²) in [5.41, 5.74) is 3.52. The Labute approximate surface area is 119 Å². The van der Waals surface area contributed by atoms with E-state index < -0.39 is 0 Å². The van der Waals surface area contributed by atoms with Crippen LogP contribution in [-0.4, -0.2) is 14.5 Å². The fourth-order valence-electron chi connectivity index (χ4n) is 2.82. The third kappa shape index (κ3) is 2.14. The van der Waals surface area contributed by atoms with Gasteiger partial charge in [0.15, 0.2) is 5.65 Å². The number of fused-ring (bicyclic) bond motifs is 1. The summed E-state index contributed by atoms with van der Waals surface area (Å²) < 4.78 is 2.23. The van der Waals surface area contributed by atoms with Gasteiger partial charge < -0.3 is 4.57 Å². The van der Waals surface area contributed by atoms with Crippen LogP contribution >= 0.6 is 11.6 Å². The fraction of sp³-hybridized carbons (Fsp3) is 0.600. The summed E-state index contributed by atoms with van der Waals surface area (Å²) in [6.45, 7) is 7.66. The third-order valence-electron chi connectivity index (χ3n) is 4.51. The van der Waals surface area contributed by atoms with Gasteiger partial charge in [0.1, 0.15) is 11.3 Å². The van der Waals surface area contributed by atoms with Crippen LogP contribution in [0.15, 0.2) is 12.3 Å². The maximum Gasteiger partial charge on any atom is 0.160 e. The lowest BCUT2D eigenvalue weighted by atomic mass is 9.92. The Kier molecular flexibility index (Phi) is 3.05. The van der Waals surface area contributed by atoms with E-state index in [1.54, 1.807) is 0 Å². The standard InChI is InChI=1S/C15H20ClN3/c1-10(2)15(4-5-15)9-19-13(7-16)18-12-6-11(3)8-17-14(12)19/h6,8,10H,4-5,7,9H2,1-3H3. The van der Waals surface area contributed by atoms with E-state index >= 15 is 0 Å². The minimum atomic E-state index is 0.432. The first-order valence-corrected chi connectivity index (χ1v) is 7.47. The minimum Gasteiger partial charge on any atom is -0.311 e. The van der Waals surface area contributed by atoms with Crippen molar-refractivity contribution < 1.29 is 0 Å². The van der Waals surface area contributed by atoms with Crippen LogP contribution in [0.3, 0.4) is 0 Å². The maximum atomic E-state index is 6.06. The Balaban J connectivity index is 2.06. The van der Waals surface area contributed by atoms with E-state index in [4.69, 9.17) is 11.6 Å². The van der Waals surface area contributed by atoms with Crippen LogP contribution in [-0.2, 0) is 12.4 Å². The molecule has 3 nitrogen and oxygen atoms in total. The first-order chi connectivity index (χ1) is 9.05. The van der Waals surface area contributed by atoms with Crippen molar-refractivity contribution in [3.8, 4) is 0 Å². The van der Waals surface area contributed by atoms with Gasteiger partial charge >= 0.3 is 0 Å². The highest BCUT2D eigenvalue weighted by Gasteiger charge is 2.46. The number of rotatable bonds is 4. The second-order valence-electron chi connectivity index (χ2n) is 6.12. The number of alkyl halides is 1. The Morgan fingerprint density at radius 1 is 1.42 bits per heavy atom. The topological polar surface area (TPSA) is 30.7 Å². The molecule has 1 aliphatic rings. The molecule has 0 atom stereocenters. The molecule has 0 radical (unpaired) electrons. The largest absolute Gasteiger partial charge is 0.311 e. The molecule has 2 aromatic heterocycles. The highest BCUT2D eigenvalue weighted by atomic mass is 35.5. The quantitative estimate of drug-likeness (QED) is 0.793. The van der Waals surface area contributed by atoms with Crippen LogP contribution in [0.25, 0.3) is 11.2 Å². The molecular weight excluding hydrogens is 258 g/mol. The van der Waals surface area contributed by atoms with Gasteiger partial charge in [0.2, 0.25) is 0 Å². The fourth-order valence-corrected chi connectivity index (χ4v) is 3.02. The number of hydrogen-bond acceptors (Lipinski definition) is 2. The molecule has 0 aliphatic heterocycles. The van der Waals surface area contributed by atoms with Crippen molar-refractivity contribution in [2.24, 2.45) is 11.3 Å². The van der Waals surface area contributed by atoms with Gasteiger partial charge in [-0.1, -0.05) is 13.8 Å². The molecule has 2 aromatic rings. The van der Waals surface area contributed by atoms with E-state index in [9.17, 15) is 0 Å². The molecule has 0 spiro atoms. The number of pyridine rings is 1. The van der Waals surface area contributed by atoms with Crippen molar-refractivity contribution in [1.82, 2.24) is 14.5 Å². The first kappa shape index (κ1) is 12.9. The summed E-state index contributed by atoms with van der Waals surface area (Å²) in [6, 6.07) is 2.09. The number of aromatic nitrogens is 3. The van der Waals surface area contributed by atoms with E-state index in [0.717, 1.165) is 29.1 Å². The van der Waals surface area contributed by atoms with Gasteiger partial charge in [-0.25, -0.2) is 9.97 Å². The molecule has 0 bridgehead atoms. The van der Waals surface area contributed by atoms with Crippen molar-refractivity contribution in [2.75, 3.05) is 0 Å². The Morgan fingerprint density at radius 3 is 2.74 bits per heavy atom. The SMILES string of the molecule is Cc1cnc2c(c1)nc(CCl)n2CC1(C(C)C)CC1. The van der Waals surface area contributed by atoms with Crippen LogP contribution in [0.2, 0.25) is 0 Å². The van der Waals surface area contributed by atoms with Crippen LogP contribution in [0.4, 0.5) is 0 Å². The van der Waals surface area contributed by atoms with Crippen molar-refractivity contribution >= 4 is 22.8 Å². The molecule has 102 valence electrons. The summed E-state index contributed by atoms with van der Waals surface area (Å²) in [5.74, 6) is 2.09. The second-order valence-corrected chi connectivity index (χ2v) is 6.39. The lowest BCUT2D eigenvalue weighted by Gasteiger charge is -2.21. The summed E-state index contributed by atoms with van der Waals surface area (Å²) in [6.07, 6.45) is 4.52. The number of hydrogen-bond donors (Lipinski definition) is 0. The molecule has 4 heteroatoms. The number of imidazole rings is 1. The second kappa shape index (κ2) is 4.48. The smallest absolute Gasteiger partial charge is 0.160 e. The Hall–Kier alpha value is -1.09. The molecule has 0 saturated heterocycles. The van der Waals surface area contributed by atoms with Crippen LogP contribution in [0.1, 0.15) is 38.1 Å². The third-order valence-corrected chi connectivity index (χ3v) is 4.75. The monoisotopic (exact) mass is 277 g/mol. The zero-order valence-electron chi connectivity index (χ0n) is 11.8. The van der Waals surface area contributed by atoms with Gasteiger partial charge in [-0.3, -0.25) is 0 Å². The zero-order valence-corrected chi connectivity index (χ0v) is 12.5. The lowest BCUT2D eigenvalue weighted by molar-refractivity contribution is 0.309. The molecule has 0 N–H and O–H groups in total. The van der Waals surface area contributed by atoms with Crippen molar-refractivity contribution in [2.45, 2.75) is 46.0 Å². The molecule has 3 rings (SSSR count). The van der Waals surface area contributed by atoms with E-state index in [-0.39, 0.29) is 0 Å². The molecule has 0 unspecified atom stereocenters. The molecule has 1 aliphatic carbocycles. The molecule has 19 heavy (non-hydrogen) atoms. The average molecular weight is 278 g/mol. The lowest BCUT2D eigenvalue weighted by Crippen LogP contribution is -2.19. The van der Waals surface area contributed by atoms with Gasteiger partial charge in [-0.2, -0.15) is 0 Å². The maximum absolute atomic E-state index is 6.06. The van der Waals surface area contributed by atoms with E-state index in [1.807, 2.05) is 13.1 Å². The van der Waals surface area contributed by atoms with E-state index in [0.29, 0.717) is 17.2 Å². The average Bonchev–Trinajstić information content (AvgIpc) is 3.08. The summed E-state index contributed by atoms with van der Waals surface area (Å²) in [5, 5.41) is 0. The molecule has 1 saturated carbocycles. The van der Waals surface area contributed by atoms with E-state index in [1.165, 1.54) is 12.8 Å². The molecule has 1 fully saturated rings. The molecule has 0 aromatic carbocycles. The van der Waals surface area contributed by atoms with Crippen LogP contribution < -0.4 is 0 Å². The van der Waals surface area contributed by atoms with Crippen LogP contribution in [0, 0.1) is 18.3 Å². The zero-order chi connectivity index (χ0) is 13.6. The van der Waals surface area contributed by atoms with Gasteiger partial charge in [0, 0.05) is 12.7 Å². The molecule has 0 amide bonds. The van der Waals surface area contributed by atoms with Gasteiger partial charge in [0.25, 0.3) is 0 Å². The van der Waals surface area contributed by atoms with E-state index in [2.05, 4.69) is 34.4 Å². The van der Waals surface area contributed by atoms with Crippen LogP contribution in [0.5, 0.6) is 0 Å². The highest BCUT2D eigenvalue weighted by molar-refractivity contribution is 6.16. The predicted molar refractivity (Wildman–Crippen MR) is 78.3 cm³/mol. The number of nitrogens with zero attached hydrogens (tertiary/aromatic N) is 3. The Morgan fingerprint density at radius 2 is 2.16 bits per heavy atom. The highest BCUT2D eigenvalue weighted by Crippen LogP contribution is 2.53. The van der Waals surface area contributed by atoms with Crippen molar-refractivity contribution in [1.29, 1.82) is 0 Å². The number of halogens is 1. The van der Waals surface area contributed by atoms with Gasteiger partial charge in [0.05, 0.1) is 5.88 Å². The summed E-state index contributed by atoms with van der Waals surface area (Å²) >= 11 is 6.06. The van der Waals surface area contributed by atoms with Crippen molar-refractivity contribution in [3.63, 3.8) is 0 Å². The molecular formula is C15H20ClN3. The number of aryl methyl sites for hydroxylation is 1. The van der Waals surface area contributed by atoms with Crippen molar-refractivity contribution in [3.05, 3.63) is 23.7 Å². The Bertz CT molecular complexity index is 611. The summed E-state index contributed by atoms with van der Waals surface area (Å²) in [7, 11) is 0. The first-order valence-electron chi connectivity index (χ1n) is 6.93.